The molecular weight excluding hydrogens is 284 g/mol. The van der Waals surface area contributed by atoms with E-state index >= 15 is 0 Å². The molecule has 0 saturated carbocycles. The standard InChI is InChI=1S/C15H24N4O3/c1-10(2)6-12(15(21)22)18-13-7-14(17-9-16-13)19-5-3-4-11(19)8-20/h7,9-12,20H,3-6,8H2,1-2H3,(H,21,22)(H,16,17,18). The Morgan fingerprint density at radius 1 is 1.50 bits per heavy atom. The minimum Gasteiger partial charge on any atom is -0.480 e. The van der Waals surface area contributed by atoms with Crippen molar-refractivity contribution in [2.24, 2.45) is 5.92 Å². The Labute approximate surface area is 130 Å². The van der Waals surface area contributed by atoms with Gasteiger partial charge >= 0.3 is 5.97 Å². The Morgan fingerprint density at radius 3 is 2.91 bits per heavy atom. The van der Waals surface area contributed by atoms with Gasteiger partial charge in [-0.3, -0.25) is 0 Å². The normalized spacial score (nSPS) is 19.5. The summed E-state index contributed by atoms with van der Waals surface area (Å²) >= 11 is 0. The Hall–Kier alpha value is -1.89. The fourth-order valence-electron chi connectivity index (χ4n) is 2.78. The molecule has 0 bridgehead atoms. The van der Waals surface area contributed by atoms with Crippen LogP contribution in [0.4, 0.5) is 11.6 Å². The summed E-state index contributed by atoms with van der Waals surface area (Å²) < 4.78 is 0. The molecule has 22 heavy (non-hydrogen) atoms. The van der Waals surface area contributed by atoms with Crippen molar-refractivity contribution in [2.75, 3.05) is 23.4 Å². The van der Waals surface area contributed by atoms with Gasteiger partial charge < -0.3 is 20.4 Å². The lowest BCUT2D eigenvalue weighted by Crippen LogP contribution is -2.33. The van der Waals surface area contributed by atoms with E-state index in [4.69, 9.17) is 0 Å². The maximum atomic E-state index is 11.3. The topological polar surface area (TPSA) is 98.6 Å². The molecule has 1 aromatic rings. The number of aliphatic hydroxyl groups excluding tert-OH is 1. The van der Waals surface area contributed by atoms with Crippen LogP contribution in [0, 0.1) is 5.92 Å². The number of nitrogens with zero attached hydrogens (tertiary/aromatic N) is 3. The molecule has 1 aliphatic heterocycles. The third-order valence-electron chi connectivity index (χ3n) is 3.86. The van der Waals surface area contributed by atoms with E-state index in [2.05, 4.69) is 15.3 Å². The van der Waals surface area contributed by atoms with E-state index in [1.165, 1.54) is 6.33 Å². The van der Waals surface area contributed by atoms with Crippen molar-refractivity contribution >= 4 is 17.6 Å². The number of rotatable bonds is 7. The quantitative estimate of drug-likeness (QED) is 0.699. The van der Waals surface area contributed by atoms with Crippen molar-refractivity contribution in [1.29, 1.82) is 0 Å². The van der Waals surface area contributed by atoms with E-state index in [0.717, 1.165) is 25.2 Å². The number of carboxylic acids is 1. The number of aliphatic hydroxyl groups is 1. The first kappa shape index (κ1) is 16.5. The van der Waals surface area contributed by atoms with Gasteiger partial charge in [-0.25, -0.2) is 14.8 Å². The molecule has 0 aromatic carbocycles. The number of nitrogens with one attached hydrogen (secondary N) is 1. The molecule has 122 valence electrons. The van der Waals surface area contributed by atoms with Crippen molar-refractivity contribution in [3.63, 3.8) is 0 Å². The first-order valence-electron chi connectivity index (χ1n) is 7.70. The van der Waals surface area contributed by atoms with Crippen LogP contribution >= 0.6 is 0 Å². The highest BCUT2D eigenvalue weighted by Gasteiger charge is 2.26. The number of carboxylic acid groups (broad SMARTS) is 1. The Balaban J connectivity index is 2.12. The number of hydrogen-bond acceptors (Lipinski definition) is 6. The van der Waals surface area contributed by atoms with Crippen LogP contribution < -0.4 is 10.2 Å². The zero-order chi connectivity index (χ0) is 16.1. The number of aromatic nitrogens is 2. The third kappa shape index (κ3) is 4.07. The summed E-state index contributed by atoms with van der Waals surface area (Å²) in [6.45, 7) is 4.91. The van der Waals surface area contributed by atoms with Crippen LogP contribution in [0.25, 0.3) is 0 Å². The molecule has 2 rings (SSSR count). The summed E-state index contributed by atoms with van der Waals surface area (Å²) in [4.78, 5) is 21.7. The van der Waals surface area contributed by atoms with E-state index in [1.807, 2.05) is 18.7 Å². The van der Waals surface area contributed by atoms with Gasteiger partial charge in [0.1, 0.15) is 24.0 Å². The van der Waals surface area contributed by atoms with Crippen LogP contribution in [-0.4, -0.2) is 51.4 Å². The Morgan fingerprint density at radius 2 is 2.27 bits per heavy atom. The van der Waals surface area contributed by atoms with E-state index in [0.29, 0.717) is 12.2 Å². The van der Waals surface area contributed by atoms with Gasteiger partial charge in [-0.1, -0.05) is 13.8 Å². The molecule has 0 amide bonds. The maximum Gasteiger partial charge on any atom is 0.326 e. The summed E-state index contributed by atoms with van der Waals surface area (Å²) in [5.74, 6) is 0.611. The second-order valence-electron chi connectivity index (χ2n) is 6.10. The zero-order valence-electron chi connectivity index (χ0n) is 13.1. The Kier molecular flexibility index (Phi) is 5.54. The van der Waals surface area contributed by atoms with Crippen molar-refractivity contribution in [1.82, 2.24) is 9.97 Å². The van der Waals surface area contributed by atoms with Crippen molar-refractivity contribution < 1.29 is 15.0 Å². The zero-order valence-corrected chi connectivity index (χ0v) is 13.1. The molecule has 1 aromatic heterocycles. The summed E-state index contributed by atoms with van der Waals surface area (Å²) in [6.07, 6.45) is 3.91. The van der Waals surface area contributed by atoms with Gasteiger partial charge in [-0.2, -0.15) is 0 Å². The van der Waals surface area contributed by atoms with Crippen LogP contribution in [0.2, 0.25) is 0 Å². The first-order chi connectivity index (χ1) is 10.5. The highest BCUT2D eigenvalue weighted by atomic mass is 16.4. The second kappa shape index (κ2) is 7.40. The van der Waals surface area contributed by atoms with Gasteiger partial charge in [-0.15, -0.1) is 0 Å². The number of carbonyl (C=O) groups is 1. The van der Waals surface area contributed by atoms with Gasteiger partial charge in [0, 0.05) is 12.6 Å². The van der Waals surface area contributed by atoms with Crippen LogP contribution in [0.15, 0.2) is 12.4 Å². The molecule has 0 aliphatic carbocycles. The van der Waals surface area contributed by atoms with Gasteiger partial charge in [0.25, 0.3) is 0 Å². The summed E-state index contributed by atoms with van der Waals surface area (Å²) in [6, 6.07) is 1.16. The minimum absolute atomic E-state index is 0.0775. The van der Waals surface area contributed by atoms with Gasteiger partial charge in [-0.05, 0) is 25.2 Å². The molecule has 7 nitrogen and oxygen atoms in total. The van der Waals surface area contributed by atoms with Crippen LogP contribution in [0.3, 0.4) is 0 Å². The van der Waals surface area contributed by atoms with Gasteiger partial charge in [0.05, 0.1) is 12.6 Å². The summed E-state index contributed by atoms with van der Waals surface area (Å²) in [5.41, 5.74) is 0. The molecule has 2 atom stereocenters. The largest absolute Gasteiger partial charge is 0.480 e. The molecule has 2 heterocycles. The summed E-state index contributed by atoms with van der Waals surface area (Å²) in [5, 5.41) is 21.7. The van der Waals surface area contributed by atoms with E-state index in [1.54, 1.807) is 6.07 Å². The molecule has 2 unspecified atom stereocenters. The van der Waals surface area contributed by atoms with Crippen LogP contribution in [0.1, 0.15) is 33.1 Å². The molecule has 7 heteroatoms. The van der Waals surface area contributed by atoms with Crippen molar-refractivity contribution in [3.8, 4) is 0 Å². The number of anilines is 2. The highest BCUT2D eigenvalue weighted by molar-refractivity contribution is 5.77. The highest BCUT2D eigenvalue weighted by Crippen LogP contribution is 2.25. The summed E-state index contributed by atoms with van der Waals surface area (Å²) in [7, 11) is 0. The molecule has 1 aliphatic rings. The molecule has 0 spiro atoms. The van der Waals surface area contributed by atoms with Gasteiger partial charge in [0.15, 0.2) is 0 Å². The molecule has 3 N–H and O–H groups in total. The fraction of sp³-hybridized carbons (Fsp3) is 0.667. The minimum atomic E-state index is -0.886. The molecule has 0 radical (unpaired) electrons. The maximum absolute atomic E-state index is 11.3. The third-order valence-corrected chi connectivity index (χ3v) is 3.86. The van der Waals surface area contributed by atoms with Crippen molar-refractivity contribution in [2.45, 2.75) is 45.2 Å². The smallest absolute Gasteiger partial charge is 0.326 e. The van der Waals surface area contributed by atoms with Gasteiger partial charge in [0.2, 0.25) is 0 Å². The fourth-order valence-corrected chi connectivity index (χ4v) is 2.78. The predicted octanol–water partition coefficient (Wildman–Crippen LogP) is 1.35. The Bertz CT molecular complexity index is 509. The van der Waals surface area contributed by atoms with Crippen LogP contribution in [-0.2, 0) is 4.79 Å². The van der Waals surface area contributed by atoms with Crippen LogP contribution in [0.5, 0.6) is 0 Å². The lowest BCUT2D eigenvalue weighted by Gasteiger charge is -2.24. The van der Waals surface area contributed by atoms with E-state index in [-0.39, 0.29) is 18.6 Å². The number of hydrogen-bond donors (Lipinski definition) is 3. The first-order valence-corrected chi connectivity index (χ1v) is 7.70. The van der Waals surface area contributed by atoms with E-state index < -0.39 is 12.0 Å². The predicted molar refractivity (Wildman–Crippen MR) is 84.0 cm³/mol. The second-order valence-corrected chi connectivity index (χ2v) is 6.10. The van der Waals surface area contributed by atoms with E-state index in [9.17, 15) is 15.0 Å². The average Bonchev–Trinajstić information content (AvgIpc) is 2.94. The SMILES string of the molecule is CC(C)CC(Nc1cc(N2CCCC2CO)ncn1)C(=O)O. The van der Waals surface area contributed by atoms with Crippen molar-refractivity contribution in [3.05, 3.63) is 12.4 Å². The lowest BCUT2D eigenvalue weighted by molar-refractivity contribution is -0.138. The number of aliphatic carboxylic acids is 1. The molecule has 1 saturated heterocycles. The monoisotopic (exact) mass is 308 g/mol. The molecular formula is C15H24N4O3. The average molecular weight is 308 g/mol. The molecule has 1 fully saturated rings. The lowest BCUT2D eigenvalue weighted by atomic mass is 10.0.